The van der Waals surface area contributed by atoms with E-state index in [0.717, 1.165) is 6.54 Å². The third-order valence-corrected chi connectivity index (χ3v) is 2.91. The highest BCUT2D eigenvalue weighted by atomic mass is 16.5. The van der Waals surface area contributed by atoms with Gasteiger partial charge in [0.15, 0.2) is 0 Å². The van der Waals surface area contributed by atoms with E-state index in [4.69, 9.17) is 4.74 Å². The van der Waals surface area contributed by atoms with Gasteiger partial charge in [-0.1, -0.05) is 24.3 Å². The third-order valence-electron chi connectivity index (χ3n) is 2.91. The van der Waals surface area contributed by atoms with Crippen molar-refractivity contribution in [2.75, 3.05) is 13.3 Å². The van der Waals surface area contributed by atoms with Crippen molar-refractivity contribution in [1.29, 1.82) is 0 Å². The Balaban J connectivity index is 2.24. The number of ether oxygens (including phenoxy) is 1. The number of benzene rings is 1. The molecule has 1 aliphatic rings. The summed E-state index contributed by atoms with van der Waals surface area (Å²) in [6.07, 6.45) is 0. The summed E-state index contributed by atoms with van der Waals surface area (Å²) >= 11 is 0. The summed E-state index contributed by atoms with van der Waals surface area (Å²) in [5.74, 6) is 0. The van der Waals surface area contributed by atoms with Crippen LogP contribution in [0.25, 0.3) is 0 Å². The van der Waals surface area contributed by atoms with Crippen molar-refractivity contribution in [2.24, 2.45) is 0 Å². The van der Waals surface area contributed by atoms with E-state index in [1.165, 1.54) is 11.1 Å². The van der Waals surface area contributed by atoms with E-state index in [9.17, 15) is 5.11 Å². The number of hydrogen-bond acceptors (Lipinski definition) is 3. The number of fused-ring (bicyclic) bond motifs is 1. The van der Waals surface area contributed by atoms with E-state index < -0.39 is 0 Å². The Hall–Kier alpha value is -0.900. The quantitative estimate of drug-likeness (QED) is 0.754. The zero-order chi connectivity index (χ0) is 10.7. The Morgan fingerprint density at radius 1 is 1.40 bits per heavy atom. The fourth-order valence-corrected chi connectivity index (χ4v) is 1.86. The number of aliphatic hydroxyl groups is 1. The summed E-state index contributed by atoms with van der Waals surface area (Å²) in [7, 11) is 0. The molecule has 3 nitrogen and oxygen atoms in total. The lowest BCUT2D eigenvalue weighted by Crippen LogP contribution is -2.38. The van der Waals surface area contributed by atoms with Crippen LogP contribution < -0.4 is 0 Å². The van der Waals surface area contributed by atoms with Gasteiger partial charge in [-0.25, -0.2) is 0 Å². The SMILES string of the molecule is CC1COCc2ccccc2CN1CO. The van der Waals surface area contributed by atoms with E-state index in [2.05, 4.69) is 19.1 Å². The average molecular weight is 207 g/mol. The van der Waals surface area contributed by atoms with Gasteiger partial charge >= 0.3 is 0 Å². The Morgan fingerprint density at radius 2 is 2.13 bits per heavy atom. The normalized spacial score (nSPS) is 22.9. The zero-order valence-electron chi connectivity index (χ0n) is 9.02. The van der Waals surface area contributed by atoms with E-state index in [1.807, 2.05) is 17.0 Å². The third kappa shape index (κ3) is 2.37. The van der Waals surface area contributed by atoms with Crippen LogP contribution in [0, 0.1) is 0 Å². The van der Waals surface area contributed by atoms with Crippen LogP contribution in [0.15, 0.2) is 24.3 Å². The van der Waals surface area contributed by atoms with Crippen LogP contribution in [0.2, 0.25) is 0 Å². The van der Waals surface area contributed by atoms with Crippen molar-refractivity contribution in [3.05, 3.63) is 35.4 Å². The fourth-order valence-electron chi connectivity index (χ4n) is 1.86. The molecule has 0 aliphatic carbocycles. The summed E-state index contributed by atoms with van der Waals surface area (Å²) in [5, 5.41) is 9.27. The van der Waals surface area contributed by atoms with Gasteiger partial charge in [0.2, 0.25) is 0 Å². The van der Waals surface area contributed by atoms with Gasteiger partial charge < -0.3 is 9.84 Å². The highest BCUT2D eigenvalue weighted by Gasteiger charge is 2.17. The van der Waals surface area contributed by atoms with Gasteiger partial charge in [0.05, 0.1) is 19.9 Å². The van der Waals surface area contributed by atoms with E-state index in [1.54, 1.807) is 0 Å². The molecule has 0 amide bonds. The smallest absolute Gasteiger partial charge is 0.0962 e. The van der Waals surface area contributed by atoms with Gasteiger partial charge in [0.1, 0.15) is 0 Å². The Labute approximate surface area is 90.3 Å². The van der Waals surface area contributed by atoms with Crippen molar-refractivity contribution >= 4 is 0 Å². The van der Waals surface area contributed by atoms with Crippen LogP contribution in [-0.4, -0.2) is 29.4 Å². The maximum Gasteiger partial charge on any atom is 0.0962 e. The second-order valence-corrected chi connectivity index (χ2v) is 4.02. The average Bonchev–Trinajstić information content (AvgIpc) is 2.24. The first kappa shape index (κ1) is 10.6. The van der Waals surface area contributed by atoms with Gasteiger partial charge in [-0.15, -0.1) is 0 Å². The van der Waals surface area contributed by atoms with Crippen LogP contribution in [0.4, 0.5) is 0 Å². The molecule has 0 bridgehead atoms. The Morgan fingerprint density at radius 3 is 2.87 bits per heavy atom. The molecule has 1 N–H and O–H groups in total. The largest absolute Gasteiger partial charge is 0.381 e. The van der Waals surface area contributed by atoms with Gasteiger partial charge in [0.25, 0.3) is 0 Å². The minimum absolute atomic E-state index is 0.0822. The van der Waals surface area contributed by atoms with Crippen molar-refractivity contribution in [3.63, 3.8) is 0 Å². The molecule has 1 aromatic rings. The van der Waals surface area contributed by atoms with Crippen molar-refractivity contribution in [1.82, 2.24) is 4.90 Å². The van der Waals surface area contributed by atoms with E-state index in [0.29, 0.717) is 13.2 Å². The minimum Gasteiger partial charge on any atom is -0.381 e. The van der Waals surface area contributed by atoms with Gasteiger partial charge in [-0.05, 0) is 18.1 Å². The maximum absolute atomic E-state index is 9.27. The maximum atomic E-state index is 9.27. The summed E-state index contributed by atoms with van der Waals surface area (Å²) in [4.78, 5) is 2.01. The minimum atomic E-state index is 0.0822. The predicted molar refractivity (Wildman–Crippen MR) is 58.2 cm³/mol. The molecular weight excluding hydrogens is 190 g/mol. The molecule has 0 radical (unpaired) electrons. The van der Waals surface area contributed by atoms with Crippen molar-refractivity contribution in [2.45, 2.75) is 26.1 Å². The molecule has 82 valence electrons. The molecule has 3 heteroatoms. The lowest BCUT2D eigenvalue weighted by molar-refractivity contribution is 0.00234. The van der Waals surface area contributed by atoms with Crippen LogP contribution >= 0.6 is 0 Å². The van der Waals surface area contributed by atoms with Crippen LogP contribution in [-0.2, 0) is 17.9 Å². The summed E-state index contributed by atoms with van der Waals surface area (Å²) in [5.41, 5.74) is 2.47. The summed E-state index contributed by atoms with van der Waals surface area (Å²) in [6.45, 7) is 4.31. The lowest BCUT2D eigenvalue weighted by Gasteiger charge is -2.30. The lowest BCUT2D eigenvalue weighted by atomic mass is 10.1. The molecule has 1 unspecified atom stereocenters. The summed E-state index contributed by atoms with van der Waals surface area (Å²) < 4.78 is 5.59. The first-order valence-electron chi connectivity index (χ1n) is 5.30. The molecule has 1 aromatic carbocycles. The molecule has 0 fully saturated rings. The molecule has 2 rings (SSSR count). The number of hydrogen-bond donors (Lipinski definition) is 1. The van der Waals surface area contributed by atoms with Gasteiger partial charge in [0, 0.05) is 12.6 Å². The predicted octanol–water partition coefficient (Wildman–Crippen LogP) is 1.36. The molecule has 0 aromatic heterocycles. The second-order valence-electron chi connectivity index (χ2n) is 4.02. The highest BCUT2D eigenvalue weighted by Crippen LogP contribution is 2.17. The Kier molecular flexibility index (Phi) is 3.36. The monoisotopic (exact) mass is 207 g/mol. The molecule has 1 heterocycles. The molecule has 0 spiro atoms. The molecule has 1 aliphatic heterocycles. The van der Waals surface area contributed by atoms with Gasteiger partial charge in [-0.2, -0.15) is 0 Å². The zero-order valence-corrected chi connectivity index (χ0v) is 9.02. The highest BCUT2D eigenvalue weighted by molar-refractivity contribution is 5.26. The fraction of sp³-hybridized carbons (Fsp3) is 0.500. The number of rotatable bonds is 1. The second kappa shape index (κ2) is 4.75. The molecule has 0 saturated heterocycles. The summed E-state index contributed by atoms with van der Waals surface area (Å²) in [6, 6.07) is 8.50. The first-order valence-corrected chi connectivity index (χ1v) is 5.30. The molecular formula is C12H17NO2. The van der Waals surface area contributed by atoms with Crippen LogP contribution in [0.5, 0.6) is 0 Å². The van der Waals surface area contributed by atoms with Crippen LogP contribution in [0.3, 0.4) is 0 Å². The first-order chi connectivity index (χ1) is 7.31. The topological polar surface area (TPSA) is 32.7 Å². The molecule has 0 saturated carbocycles. The Bertz CT molecular complexity index is 327. The van der Waals surface area contributed by atoms with Crippen molar-refractivity contribution in [3.8, 4) is 0 Å². The van der Waals surface area contributed by atoms with E-state index in [-0.39, 0.29) is 12.8 Å². The molecule has 1 atom stereocenters. The van der Waals surface area contributed by atoms with Crippen LogP contribution in [0.1, 0.15) is 18.1 Å². The van der Waals surface area contributed by atoms with E-state index >= 15 is 0 Å². The number of nitrogens with zero attached hydrogens (tertiary/aromatic N) is 1. The van der Waals surface area contributed by atoms with Gasteiger partial charge in [-0.3, -0.25) is 4.90 Å². The number of aliphatic hydroxyl groups excluding tert-OH is 1. The standard InChI is InChI=1S/C12H17NO2/c1-10-7-15-8-12-5-3-2-4-11(12)6-13(10)9-14/h2-5,10,14H,6-9H2,1H3. The van der Waals surface area contributed by atoms with Crippen molar-refractivity contribution < 1.29 is 9.84 Å². The molecule has 15 heavy (non-hydrogen) atoms.